The Morgan fingerprint density at radius 1 is 1.60 bits per heavy atom. The SMILES string of the molecule is CC(C)CC1CC(c2cc(=O)[nH]o2)CCN1CC(=O)O. The Labute approximate surface area is 117 Å². The van der Waals surface area contributed by atoms with Crippen molar-refractivity contribution < 1.29 is 14.4 Å². The number of carboxylic acid groups (broad SMARTS) is 1. The van der Waals surface area contributed by atoms with Gasteiger partial charge < -0.3 is 9.63 Å². The third-order valence-electron chi connectivity index (χ3n) is 3.86. The molecule has 0 aromatic carbocycles. The molecule has 2 atom stereocenters. The summed E-state index contributed by atoms with van der Waals surface area (Å²) in [5.41, 5.74) is -0.214. The molecule has 2 heterocycles. The Hall–Kier alpha value is -1.56. The normalized spacial score (nSPS) is 24.1. The zero-order valence-corrected chi connectivity index (χ0v) is 12.0. The van der Waals surface area contributed by atoms with Gasteiger partial charge >= 0.3 is 5.97 Å². The molecule has 2 rings (SSSR count). The van der Waals surface area contributed by atoms with Crippen LogP contribution in [0.15, 0.2) is 15.4 Å². The van der Waals surface area contributed by atoms with Gasteiger partial charge in [0.25, 0.3) is 5.56 Å². The molecule has 0 spiro atoms. The number of hydrogen-bond acceptors (Lipinski definition) is 4. The van der Waals surface area contributed by atoms with Crippen molar-refractivity contribution in [1.82, 2.24) is 10.1 Å². The van der Waals surface area contributed by atoms with E-state index in [9.17, 15) is 9.59 Å². The molecule has 1 aromatic rings. The van der Waals surface area contributed by atoms with Gasteiger partial charge in [0.15, 0.2) is 0 Å². The second-order valence-electron chi connectivity index (χ2n) is 5.98. The van der Waals surface area contributed by atoms with Crippen LogP contribution in [-0.4, -0.2) is 40.3 Å². The number of nitrogens with one attached hydrogen (secondary N) is 1. The predicted octanol–water partition coefficient (Wildman–Crippen LogP) is 1.65. The molecule has 20 heavy (non-hydrogen) atoms. The van der Waals surface area contributed by atoms with Gasteiger partial charge in [-0.15, -0.1) is 0 Å². The number of piperidine rings is 1. The summed E-state index contributed by atoms with van der Waals surface area (Å²) < 4.78 is 5.20. The Kier molecular flexibility index (Phi) is 4.65. The highest BCUT2D eigenvalue weighted by Crippen LogP contribution is 2.33. The van der Waals surface area contributed by atoms with Crippen LogP contribution in [0.1, 0.15) is 44.8 Å². The lowest BCUT2D eigenvalue weighted by molar-refractivity contribution is -0.139. The minimum atomic E-state index is -0.787. The maximum absolute atomic E-state index is 11.2. The quantitative estimate of drug-likeness (QED) is 0.857. The molecule has 1 fully saturated rings. The molecule has 0 amide bonds. The first-order valence-corrected chi connectivity index (χ1v) is 7.10. The topological polar surface area (TPSA) is 86.5 Å². The van der Waals surface area contributed by atoms with Crippen LogP contribution in [0.5, 0.6) is 0 Å². The molecule has 2 N–H and O–H groups in total. The number of carboxylic acids is 1. The highest BCUT2D eigenvalue weighted by Gasteiger charge is 2.32. The Morgan fingerprint density at radius 2 is 2.35 bits per heavy atom. The van der Waals surface area contributed by atoms with Gasteiger partial charge in [-0.3, -0.25) is 14.5 Å². The second-order valence-corrected chi connectivity index (χ2v) is 5.98. The number of hydrogen-bond donors (Lipinski definition) is 2. The average Bonchev–Trinajstić information content (AvgIpc) is 2.77. The predicted molar refractivity (Wildman–Crippen MR) is 73.8 cm³/mol. The number of aliphatic carboxylic acids is 1. The molecule has 0 saturated carbocycles. The van der Waals surface area contributed by atoms with Crippen LogP contribution in [0.3, 0.4) is 0 Å². The van der Waals surface area contributed by atoms with E-state index >= 15 is 0 Å². The minimum Gasteiger partial charge on any atom is -0.480 e. The smallest absolute Gasteiger partial charge is 0.317 e. The molecule has 112 valence electrons. The number of carbonyl (C=O) groups is 1. The average molecular weight is 282 g/mol. The number of H-pyrrole nitrogens is 1. The second kappa shape index (κ2) is 6.26. The summed E-state index contributed by atoms with van der Waals surface area (Å²) in [5, 5.41) is 11.3. The summed E-state index contributed by atoms with van der Waals surface area (Å²) in [7, 11) is 0. The summed E-state index contributed by atoms with van der Waals surface area (Å²) in [6, 6.07) is 1.73. The summed E-state index contributed by atoms with van der Waals surface area (Å²) in [4.78, 5) is 24.1. The van der Waals surface area contributed by atoms with Gasteiger partial charge in [0.2, 0.25) is 0 Å². The number of aromatic amines is 1. The molecule has 0 radical (unpaired) electrons. The molecule has 1 aromatic heterocycles. The number of aromatic nitrogens is 1. The fourth-order valence-electron chi connectivity index (χ4n) is 3.03. The third kappa shape index (κ3) is 3.72. The molecule has 0 aliphatic carbocycles. The molecule has 1 aliphatic rings. The van der Waals surface area contributed by atoms with Crippen molar-refractivity contribution in [2.24, 2.45) is 5.92 Å². The first-order chi connectivity index (χ1) is 9.45. The zero-order valence-electron chi connectivity index (χ0n) is 12.0. The van der Waals surface area contributed by atoms with Gasteiger partial charge in [-0.1, -0.05) is 13.8 Å². The summed E-state index contributed by atoms with van der Waals surface area (Å²) >= 11 is 0. The van der Waals surface area contributed by atoms with Gasteiger partial charge in [-0.05, 0) is 31.7 Å². The highest BCUT2D eigenvalue weighted by atomic mass is 16.5. The first kappa shape index (κ1) is 14.8. The number of rotatable bonds is 5. The van der Waals surface area contributed by atoms with E-state index in [2.05, 4.69) is 19.0 Å². The van der Waals surface area contributed by atoms with Gasteiger partial charge in [0, 0.05) is 18.0 Å². The minimum absolute atomic E-state index is 0.0845. The van der Waals surface area contributed by atoms with Crippen molar-refractivity contribution in [3.63, 3.8) is 0 Å². The fraction of sp³-hybridized carbons (Fsp3) is 0.714. The van der Waals surface area contributed by atoms with E-state index in [1.165, 1.54) is 6.07 Å². The monoisotopic (exact) mass is 282 g/mol. The maximum Gasteiger partial charge on any atom is 0.317 e. The van der Waals surface area contributed by atoms with Crippen LogP contribution in [0, 0.1) is 5.92 Å². The maximum atomic E-state index is 11.2. The van der Waals surface area contributed by atoms with Crippen LogP contribution in [0.2, 0.25) is 0 Å². The van der Waals surface area contributed by atoms with Gasteiger partial charge in [-0.2, -0.15) is 5.16 Å². The molecular formula is C14H22N2O4. The number of likely N-dealkylation sites (tertiary alicyclic amines) is 1. The molecule has 2 unspecified atom stereocenters. The van der Waals surface area contributed by atoms with Crippen LogP contribution in [0.25, 0.3) is 0 Å². The Morgan fingerprint density at radius 3 is 2.90 bits per heavy atom. The van der Waals surface area contributed by atoms with E-state index in [0.717, 1.165) is 25.8 Å². The lowest BCUT2D eigenvalue weighted by Gasteiger charge is -2.38. The lowest BCUT2D eigenvalue weighted by Crippen LogP contribution is -2.45. The van der Waals surface area contributed by atoms with E-state index in [-0.39, 0.29) is 24.1 Å². The molecule has 0 bridgehead atoms. The van der Waals surface area contributed by atoms with Crippen molar-refractivity contribution >= 4 is 5.97 Å². The molecule has 6 nitrogen and oxygen atoms in total. The van der Waals surface area contributed by atoms with Gasteiger partial charge in [0.1, 0.15) is 5.76 Å². The first-order valence-electron chi connectivity index (χ1n) is 7.10. The van der Waals surface area contributed by atoms with E-state index in [4.69, 9.17) is 9.63 Å². The summed E-state index contributed by atoms with van der Waals surface area (Å²) in [5.74, 6) is 0.611. The van der Waals surface area contributed by atoms with E-state index in [0.29, 0.717) is 11.7 Å². The lowest BCUT2D eigenvalue weighted by atomic mass is 9.85. The zero-order chi connectivity index (χ0) is 14.7. The standard InChI is InChI=1S/C14H22N2O4/c1-9(2)5-11-6-10(12-7-13(17)15-20-12)3-4-16(11)8-14(18)19/h7,9-11H,3-6,8H2,1-2H3,(H,15,17)(H,18,19). The fourth-order valence-corrected chi connectivity index (χ4v) is 3.03. The van der Waals surface area contributed by atoms with E-state index < -0.39 is 5.97 Å². The van der Waals surface area contributed by atoms with Gasteiger partial charge in [0.05, 0.1) is 6.54 Å². The Balaban J connectivity index is 2.07. The summed E-state index contributed by atoms with van der Waals surface area (Å²) in [6.07, 6.45) is 2.62. The van der Waals surface area contributed by atoms with Crippen molar-refractivity contribution in [1.29, 1.82) is 0 Å². The van der Waals surface area contributed by atoms with E-state index in [1.807, 2.05) is 4.90 Å². The Bertz CT molecular complexity index is 505. The molecule has 1 aliphatic heterocycles. The summed E-state index contributed by atoms with van der Waals surface area (Å²) in [6.45, 7) is 5.09. The van der Waals surface area contributed by atoms with Crippen LogP contribution < -0.4 is 5.56 Å². The molecule has 6 heteroatoms. The van der Waals surface area contributed by atoms with Crippen LogP contribution >= 0.6 is 0 Å². The molecular weight excluding hydrogens is 260 g/mol. The third-order valence-corrected chi connectivity index (χ3v) is 3.86. The van der Waals surface area contributed by atoms with Crippen LogP contribution in [-0.2, 0) is 4.79 Å². The van der Waals surface area contributed by atoms with Crippen molar-refractivity contribution in [2.75, 3.05) is 13.1 Å². The molecule has 1 saturated heterocycles. The highest BCUT2D eigenvalue weighted by molar-refractivity contribution is 5.69. The van der Waals surface area contributed by atoms with Crippen LogP contribution in [0.4, 0.5) is 0 Å². The van der Waals surface area contributed by atoms with Crippen molar-refractivity contribution in [3.8, 4) is 0 Å². The number of nitrogens with zero attached hydrogens (tertiary/aromatic N) is 1. The van der Waals surface area contributed by atoms with Crippen molar-refractivity contribution in [3.05, 3.63) is 22.2 Å². The van der Waals surface area contributed by atoms with Crippen molar-refractivity contribution in [2.45, 2.75) is 45.1 Å². The largest absolute Gasteiger partial charge is 0.480 e. The van der Waals surface area contributed by atoms with E-state index in [1.54, 1.807) is 0 Å². The van der Waals surface area contributed by atoms with Gasteiger partial charge in [-0.25, -0.2) is 0 Å².